The molecule has 0 saturated heterocycles. The van der Waals surface area contributed by atoms with Crippen molar-refractivity contribution >= 4 is 39.0 Å². The molecule has 1 aromatic heterocycles. The lowest BCUT2D eigenvalue weighted by Crippen LogP contribution is -2.20. The van der Waals surface area contributed by atoms with Gasteiger partial charge < -0.3 is 5.32 Å². The minimum absolute atomic E-state index is 0.852. The van der Waals surface area contributed by atoms with Gasteiger partial charge in [-0.2, -0.15) is 0 Å². The van der Waals surface area contributed by atoms with Gasteiger partial charge in [-0.05, 0) is 49.1 Å². The third kappa shape index (κ3) is 3.29. The zero-order chi connectivity index (χ0) is 13.9. The van der Waals surface area contributed by atoms with Gasteiger partial charge in [0.1, 0.15) is 0 Å². The summed E-state index contributed by atoms with van der Waals surface area (Å²) in [4.78, 5) is 4.58. The summed E-state index contributed by atoms with van der Waals surface area (Å²) in [6, 6.07) is 6.55. The van der Waals surface area contributed by atoms with E-state index < -0.39 is 0 Å². The average molecular weight is 306 g/mol. The Morgan fingerprint density at radius 3 is 2.85 bits per heavy atom. The Labute approximate surface area is 129 Å². The molecule has 0 aliphatic heterocycles. The molecular weight excluding hydrogens is 284 g/mol. The van der Waals surface area contributed by atoms with E-state index >= 15 is 0 Å². The fourth-order valence-corrected chi connectivity index (χ4v) is 4.42. The zero-order valence-electron chi connectivity index (χ0n) is 12.2. The lowest BCUT2D eigenvalue weighted by Gasteiger charge is -2.26. The van der Waals surface area contributed by atoms with Gasteiger partial charge in [0.05, 0.1) is 10.2 Å². The lowest BCUT2D eigenvalue weighted by atomic mass is 9.83. The molecule has 0 unspecified atom stereocenters. The number of thiazole rings is 1. The van der Waals surface area contributed by atoms with Gasteiger partial charge in [0, 0.05) is 12.2 Å². The maximum Gasteiger partial charge on any atom is 0.150 e. The molecule has 108 valence electrons. The van der Waals surface area contributed by atoms with Gasteiger partial charge in [0.25, 0.3) is 0 Å². The van der Waals surface area contributed by atoms with Crippen molar-refractivity contribution < 1.29 is 0 Å². The highest BCUT2D eigenvalue weighted by molar-refractivity contribution is 8.00. The molecule has 1 saturated carbocycles. The van der Waals surface area contributed by atoms with Crippen LogP contribution in [-0.4, -0.2) is 17.8 Å². The predicted molar refractivity (Wildman–Crippen MR) is 91.0 cm³/mol. The molecule has 4 heteroatoms. The van der Waals surface area contributed by atoms with E-state index in [1.807, 2.05) is 0 Å². The van der Waals surface area contributed by atoms with E-state index in [0.717, 1.165) is 28.2 Å². The van der Waals surface area contributed by atoms with Crippen molar-refractivity contribution in [2.45, 2.75) is 36.9 Å². The number of hydrogen-bond donors (Lipinski definition) is 1. The van der Waals surface area contributed by atoms with Crippen LogP contribution in [0.1, 0.15) is 32.6 Å². The second kappa shape index (κ2) is 6.35. The molecule has 0 bridgehead atoms. The first-order valence-corrected chi connectivity index (χ1v) is 9.47. The number of nitrogens with one attached hydrogen (secondary N) is 1. The van der Waals surface area contributed by atoms with E-state index in [4.69, 9.17) is 0 Å². The summed E-state index contributed by atoms with van der Waals surface area (Å²) < 4.78 is 2.44. The van der Waals surface area contributed by atoms with Crippen LogP contribution in [0, 0.1) is 11.8 Å². The van der Waals surface area contributed by atoms with E-state index in [-0.39, 0.29) is 0 Å². The molecule has 1 aliphatic rings. The van der Waals surface area contributed by atoms with Gasteiger partial charge in [-0.1, -0.05) is 31.5 Å². The minimum atomic E-state index is 0.852. The topological polar surface area (TPSA) is 24.9 Å². The van der Waals surface area contributed by atoms with E-state index in [9.17, 15) is 0 Å². The van der Waals surface area contributed by atoms with Crippen molar-refractivity contribution in [2.75, 3.05) is 18.1 Å². The molecular formula is C16H22N2S2. The van der Waals surface area contributed by atoms with Gasteiger partial charge in [0.15, 0.2) is 4.34 Å². The number of anilines is 1. The summed E-state index contributed by atoms with van der Waals surface area (Å²) in [6.07, 6.45) is 7.65. The zero-order valence-corrected chi connectivity index (χ0v) is 13.8. The molecule has 0 radical (unpaired) electrons. The standard InChI is InChI=1S/C16H22N2S2/c1-11-3-5-12(6-4-11)10-17-13-7-8-14-15(9-13)20-16(18-14)19-2/h7-9,11-12,17H,3-6,10H2,1-2H3. The van der Waals surface area contributed by atoms with Crippen molar-refractivity contribution in [3.05, 3.63) is 18.2 Å². The first-order chi connectivity index (χ1) is 9.74. The van der Waals surface area contributed by atoms with E-state index in [2.05, 4.69) is 41.7 Å². The third-order valence-electron chi connectivity index (χ3n) is 4.27. The summed E-state index contributed by atoms with van der Waals surface area (Å²) in [6.45, 7) is 3.50. The van der Waals surface area contributed by atoms with Crippen LogP contribution in [0.25, 0.3) is 10.2 Å². The predicted octanol–water partition coefficient (Wildman–Crippen LogP) is 5.26. The van der Waals surface area contributed by atoms with E-state index in [0.29, 0.717) is 0 Å². The number of aromatic nitrogens is 1. The monoisotopic (exact) mass is 306 g/mol. The molecule has 0 amide bonds. The second-order valence-corrected chi connectivity index (χ2v) is 7.96. The van der Waals surface area contributed by atoms with Crippen LogP contribution in [0.3, 0.4) is 0 Å². The SMILES string of the molecule is CSc1nc2ccc(NCC3CCC(C)CC3)cc2s1. The van der Waals surface area contributed by atoms with Crippen molar-refractivity contribution in [1.29, 1.82) is 0 Å². The molecule has 1 aromatic carbocycles. The van der Waals surface area contributed by atoms with Crippen molar-refractivity contribution in [3.63, 3.8) is 0 Å². The molecule has 1 heterocycles. The fraction of sp³-hybridized carbons (Fsp3) is 0.562. The Hall–Kier alpha value is -0.740. The number of nitrogens with zero attached hydrogens (tertiary/aromatic N) is 1. The van der Waals surface area contributed by atoms with Crippen molar-refractivity contribution in [2.24, 2.45) is 11.8 Å². The van der Waals surface area contributed by atoms with Gasteiger partial charge in [0.2, 0.25) is 0 Å². The smallest absolute Gasteiger partial charge is 0.150 e. The summed E-state index contributed by atoms with van der Waals surface area (Å²) in [7, 11) is 0. The molecule has 20 heavy (non-hydrogen) atoms. The first-order valence-electron chi connectivity index (χ1n) is 7.43. The maximum absolute atomic E-state index is 4.58. The summed E-state index contributed by atoms with van der Waals surface area (Å²) in [5.74, 6) is 1.79. The summed E-state index contributed by atoms with van der Waals surface area (Å²) >= 11 is 3.51. The van der Waals surface area contributed by atoms with Crippen molar-refractivity contribution in [3.8, 4) is 0 Å². The van der Waals surface area contributed by atoms with Gasteiger partial charge in [-0.3, -0.25) is 0 Å². The Morgan fingerprint density at radius 1 is 1.30 bits per heavy atom. The highest BCUT2D eigenvalue weighted by Gasteiger charge is 2.17. The number of hydrogen-bond acceptors (Lipinski definition) is 4. The highest BCUT2D eigenvalue weighted by Crippen LogP contribution is 2.31. The quantitative estimate of drug-likeness (QED) is 0.780. The molecule has 1 N–H and O–H groups in total. The van der Waals surface area contributed by atoms with Crippen molar-refractivity contribution in [1.82, 2.24) is 4.98 Å². The average Bonchev–Trinajstić information content (AvgIpc) is 2.89. The Kier molecular flexibility index (Phi) is 4.51. The van der Waals surface area contributed by atoms with Crippen LogP contribution in [0.4, 0.5) is 5.69 Å². The molecule has 1 fully saturated rings. The molecule has 2 aromatic rings. The van der Waals surface area contributed by atoms with Gasteiger partial charge >= 0.3 is 0 Å². The fourth-order valence-electron chi connectivity index (χ4n) is 2.90. The highest BCUT2D eigenvalue weighted by atomic mass is 32.2. The molecule has 0 spiro atoms. The number of thioether (sulfide) groups is 1. The largest absolute Gasteiger partial charge is 0.385 e. The lowest BCUT2D eigenvalue weighted by molar-refractivity contribution is 0.300. The first kappa shape index (κ1) is 14.2. The molecule has 3 rings (SSSR count). The van der Waals surface area contributed by atoms with Crippen LogP contribution >= 0.6 is 23.1 Å². The Bertz CT molecular complexity index is 571. The Balaban J connectivity index is 1.62. The molecule has 2 nitrogen and oxygen atoms in total. The minimum Gasteiger partial charge on any atom is -0.385 e. The van der Waals surface area contributed by atoms with E-state index in [1.165, 1.54) is 36.1 Å². The van der Waals surface area contributed by atoms with Crippen LogP contribution in [0.2, 0.25) is 0 Å². The normalized spacial score (nSPS) is 23.1. The van der Waals surface area contributed by atoms with Crippen LogP contribution in [0.15, 0.2) is 22.5 Å². The van der Waals surface area contributed by atoms with E-state index in [1.54, 1.807) is 23.1 Å². The van der Waals surface area contributed by atoms with Crippen LogP contribution in [-0.2, 0) is 0 Å². The van der Waals surface area contributed by atoms with Gasteiger partial charge in [-0.15, -0.1) is 11.3 Å². The second-order valence-electron chi connectivity index (χ2n) is 5.87. The maximum atomic E-state index is 4.58. The van der Waals surface area contributed by atoms with Crippen LogP contribution in [0.5, 0.6) is 0 Å². The Morgan fingerprint density at radius 2 is 2.10 bits per heavy atom. The molecule has 1 aliphatic carbocycles. The number of benzene rings is 1. The third-order valence-corrected chi connectivity index (χ3v) is 6.28. The number of rotatable bonds is 4. The summed E-state index contributed by atoms with van der Waals surface area (Å²) in [5, 5.41) is 3.62. The molecule has 0 atom stereocenters. The van der Waals surface area contributed by atoms with Crippen LogP contribution < -0.4 is 5.32 Å². The number of fused-ring (bicyclic) bond motifs is 1. The summed E-state index contributed by atoms with van der Waals surface area (Å²) in [5.41, 5.74) is 2.36. The van der Waals surface area contributed by atoms with Gasteiger partial charge in [-0.25, -0.2) is 4.98 Å².